The van der Waals surface area contributed by atoms with Crippen molar-refractivity contribution < 1.29 is 19.4 Å². The second-order valence-corrected chi connectivity index (χ2v) is 11.1. The molecule has 1 atom stereocenters. The number of carboxylic acids is 1. The number of esters is 1. The van der Waals surface area contributed by atoms with E-state index in [0.717, 1.165) is 19.3 Å². The van der Waals surface area contributed by atoms with Gasteiger partial charge in [0.15, 0.2) is 6.10 Å². The summed E-state index contributed by atoms with van der Waals surface area (Å²) in [7, 11) is 0. The lowest BCUT2D eigenvalue weighted by Crippen LogP contribution is -2.25. The van der Waals surface area contributed by atoms with Gasteiger partial charge in [0.2, 0.25) is 0 Å². The van der Waals surface area contributed by atoms with Crippen LogP contribution >= 0.6 is 0 Å². The third-order valence-electron chi connectivity index (χ3n) is 7.40. The van der Waals surface area contributed by atoms with Crippen LogP contribution in [0.25, 0.3) is 0 Å². The average Bonchev–Trinajstić information content (AvgIpc) is 2.85. The average molecular weight is 511 g/mol. The van der Waals surface area contributed by atoms with Gasteiger partial charge in [0.25, 0.3) is 0 Å². The van der Waals surface area contributed by atoms with Crippen LogP contribution in [0.3, 0.4) is 0 Å². The van der Waals surface area contributed by atoms with Crippen molar-refractivity contribution in [2.45, 2.75) is 193 Å². The van der Waals surface area contributed by atoms with E-state index in [2.05, 4.69) is 6.92 Å². The first-order valence-electron chi connectivity index (χ1n) is 16.0. The van der Waals surface area contributed by atoms with Crippen LogP contribution in [-0.2, 0) is 14.3 Å². The van der Waals surface area contributed by atoms with Gasteiger partial charge in [0.05, 0.1) is 0 Å². The highest BCUT2D eigenvalue weighted by atomic mass is 16.6. The van der Waals surface area contributed by atoms with Gasteiger partial charge in [-0.05, 0) is 12.8 Å². The lowest BCUT2D eigenvalue weighted by molar-refractivity contribution is -0.163. The van der Waals surface area contributed by atoms with E-state index in [1.165, 1.54) is 155 Å². The molecule has 0 amide bonds. The predicted octanol–water partition coefficient (Wildman–Crippen LogP) is 10.6. The first-order valence-corrected chi connectivity index (χ1v) is 16.0. The molecule has 1 unspecified atom stereocenters. The predicted molar refractivity (Wildman–Crippen MR) is 154 cm³/mol. The first kappa shape index (κ1) is 34.9. The van der Waals surface area contributed by atoms with Crippen LogP contribution in [-0.4, -0.2) is 23.1 Å². The SMILES string of the molecule is CCCCCCCCCCCCCCCCCCCCCCCCCCCCC(OC(C)=O)C(=O)O. The second-order valence-electron chi connectivity index (χ2n) is 11.1. The number of hydrogen-bond donors (Lipinski definition) is 1. The highest BCUT2D eigenvalue weighted by molar-refractivity contribution is 5.76. The Morgan fingerprint density at radius 3 is 0.972 bits per heavy atom. The molecule has 0 bridgehead atoms. The maximum absolute atomic E-state index is 11.0. The molecule has 0 aliphatic heterocycles. The maximum Gasteiger partial charge on any atom is 0.345 e. The molecular formula is C32H62O4. The van der Waals surface area contributed by atoms with Crippen molar-refractivity contribution >= 4 is 11.9 Å². The minimum absolute atomic E-state index is 0.425. The quantitative estimate of drug-likeness (QED) is 0.0802. The summed E-state index contributed by atoms with van der Waals surface area (Å²) in [6, 6.07) is 0. The van der Waals surface area contributed by atoms with E-state index in [-0.39, 0.29) is 0 Å². The molecule has 0 saturated carbocycles. The fourth-order valence-electron chi connectivity index (χ4n) is 5.08. The molecule has 4 nitrogen and oxygen atoms in total. The van der Waals surface area contributed by atoms with Crippen LogP contribution in [0.1, 0.15) is 187 Å². The summed E-state index contributed by atoms with van der Waals surface area (Å²) in [5, 5.41) is 9.04. The molecule has 0 aliphatic rings. The zero-order valence-corrected chi connectivity index (χ0v) is 24.3. The zero-order valence-electron chi connectivity index (χ0n) is 24.3. The Morgan fingerprint density at radius 2 is 0.750 bits per heavy atom. The monoisotopic (exact) mass is 510 g/mol. The molecule has 0 aliphatic carbocycles. The molecule has 214 valence electrons. The zero-order chi connectivity index (χ0) is 26.5. The Balaban J connectivity index is 3.16. The van der Waals surface area contributed by atoms with Crippen molar-refractivity contribution in [2.24, 2.45) is 0 Å². The van der Waals surface area contributed by atoms with Gasteiger partial charge in [-0.15, -0.1) is 0 Å². The molecule has 0 saturated heterocycles. The molecule has 0 radical (unpaired) electrons. The lowest BCUT2D eigenvalue weighted by Gasteiger charge is -2.11. The fraction of sp³-hybridized carbons (Fsp3) is 0.938. The van der Waals surface area contributed by atoms with Crippen LogP contribution in [0.5, 0.6) is 0 Å². The summed E-state index contributed by atoms with van der Waals surface area (Å²) < 4.78 is 4.83. The Kier molecular flexibility index (Phi) is 27.7. The summed E-state index contributed by atoms with van der Waals surface area (Å²) in [5.74, 6) is -1.55. The maximum atomic E-state index is 11.0. The smallest absolute Gasteiger partial charge is 0.345 e. The van der Waals surface area contributed by atoms with E-state index < -0.39 is 18.0 Å². The van der Waals surface area contributed by atoms with E-state index in [1.807, 2.05) is 0 Å². The number of carbonyl (C=O) groups excluding carboxylic acids is 1. The standard InChI is InChI=1S/C32H62O4/c1-3-4-5-6-7-8-9-10-11-12-13-14-15-16-17-18-19-20-21-22-23-24-25-26-27-28-29-31(32(34)35)36-30(2)33/h31H,3-29H2,1-2H3,(H,34,35). The minimum atomic E-state index is -1.04. The number of unbranched alkanes of at least 4 members (excludes halogenated alkanes) is 25. The van der Waals surface area contributed by atoms with Gasteiger partial charge in [-0.2, -0.15) is 0 Å². The molecule has 4 heteroatoms. The van der Waals surface area contributed by atoms with Crippen molar-refractivity contribution in [3.05, 3.63) is 0 Å². The number of carboxylic acid groups (broad SMARTS) is 1. The van der Waals surface area contributed by atoms with Crippen LogP contribution in [0, 0.1) is 0 Å². The van der Waals surface area contributed by atoms with Crippen molar-refractivity contribution in [1.29, 1.82) is 0 Å². The summed E-state index contributed by atoms with van der Waals surface area (Å²) >= 11 is 0. The third-order valence-corrected chi connectivity index (χ3v) is 7.40. The van der Waals surface area contributed by atoms with Gasteiger partial charge >= 0.3 is 11.9 Å². The molecule has 0 spiro atoms. The van der Waals surface area contributed by atoms with Gasteiger partial charge in [0.1, 0.15) is 0 Å². The summed E-state index contributed by atoms with van der Waals surface area (Å²) in [6.45, 7) is 3.55. The highest BCUT2D eigenvalue weighted by Gasteiger charge is 2.19. The Morgan fingerprint density at radius 1 is 0.500 bits per heavy atom. The Bertz CT molecular complexity index is 477. The van der Waals surface area contributed by atoms with Gasteiger partial charge in [-0.25, -0.2) is 4.79 Å². The van der Waals surface area contributed by atoms with Gasteiger partial charge in [-0.3, -0.25) is 4.79 Å². The molecular weight excluding hydrogens is 448 g/mol. The molecule has 0 rings (SSSR count). The number of hydrogen-bond acceptors (Lipinski definition) is 3. The molecule has 36 heavy (non-hydrogen) atoms. The van der Waals surface area contributed by atoms with Crippen LogP contribution < -0.4 is 0 Å². The van der Waals surface area contributed by atoms with E-state index in [4.69, 9.17) is 9.84 Å². The first-order chi connectivity index (χ1) is 17.6. The van der Waals surface area contributed by atoms with Crippen molar-refractivity contribution in [2.75, 3.05) is 0 Å². The number of rotatable bonds is 29. The molecule has 1 N–H and O–H groups in total. The van der Waals surface area contributed by atoms with Crippen molar-refractivity contribution in [3.8, 4) is 0 Å². The number of aliphatic carboxylic acids is 1. The molecule has 0 aromatic carbocycles. The van der Waals surface area contributed by atoms with Gasteiger partial charge < -0.3 is 9.84 Å². The van der Waals surface area contributed by atoms with E-state index in [9.17, 15) is 9.59 Å². The molecule has 0 aromatic rings. The highest BCUT2D eigenvalue weighted by Crippen LogP contribution is 2.16. The Hall–Kier alpha value is -1.06. The van der Waals surface area contributed by atoms with Crippen molar-refractivity contribution in [3.63, 3.8) is 0 Å². The molecule has 0 heterocycles. The van der Waals surface area contributed by atoms with Crippen molar-refractivity contribution in [1.82, 2.24) is 0 Å². The van der Waals surface area contributed by atoms with E-state index in [0.29, 0.717) is 6.42 Å². The van der Waals surface area contributed by atoms with Crippen LogP contribution in [0.2, 0.25) is 0 Å². The molecule has 0 aromatic heterocycles. The fourth-order valence-corrected chi connectivity index (χ4v) is 5.08. The lowest BCUT2D eigenvalue weighted by atomic mass is 10.0. The van der Waals surface area contributed by atoms with Crippen LogP contribution in [0.4, 0.5) is 0 Å². The summed E-state index contributed by atoms with van der Waals surface area (Å²) in [4.78, 5) is 22.0. The topological polar surface area (TPSA) is 63.6 Å². The summed E-state index contributed by atoms with van der Waals surface area (Å²) in [6.07, 6.45) is 34.8. The Labute approximate surface area is 224 Å². The van der Waals surface area contributed by atoms with Gasteiger partial charge in [-0.1, -0.05) is 167 Å². The number of ether oxygens (including phenoxy) is 1. The number of carbonyl (C=O) groups is 2. The molecule has 0 fully saturated rings. The second kappa shape index (κ2) is 28.5. The minimum Gasteiger partial charge on any atom is -0.479 e. The van der Waals surface area contributed by atoms with E-state index >= 15 is 0 Å². The largest absolute Gasteiger partial charge is 0.479 e. The van der Waals surface area contributed by atoms with E-state index in [1.54, 1.807) is 0 Å². The third kappa shape index (κ3) is 27.5. The van der Waals surface area contributed by atoms with Gasteiger partial charge in [0, 0.05) is 6.92 Å². The summed E-state index contributed by atoms with van der Waals surface area (Å²) in [5.41, 5.74) is 0. The normalized spacial score (nSPS) is 12.1. The van der Waals surface area contributed by atoms with Crippen LogP contribution in [0.15, 0.2) is 0 Å².